The molecule has 0 aliphatic heterocycles. The average Bonchev–Trinajstić information content (AvgIpc) is 3.08. The van der Waals surface area contributed by atoms with E-state index in [1.807, 2.05) is 20.8 Å². The van der Waals surface area contributed by atoms with Crippen LogP contribution in [-0.4, -0.2) is 58.8 Å². The first-order valence-corrected chi connectivity index (χ1v) is 24.4. The summed E-state index contributed by atoms with van der Waals surface area (Å²) in [6.07, 6.45) is 35.8. The third-order valence-corrected chi connectivity index (χ3v) is 15.2. The van der Waals surface area contributed by atoms with Crippen LogP contribution in [0.1, 0.15) is 202 Å². The zero-order valence-electron chi connectivity index (χ0n) is 33.4. The molecule has 0 aromatic rings. The lowest BCUT2D eigenvalue weighted by molar-refractivity contribution is 0.0706. The van der Waals surface area contributed by atoms with Gasteiger partial charge in [0.1, 0.15) is 0 Å². The van der Waals surface area contributed by atoms with Crippen LogP contribution in [0, 0.1) is 0 Å². The smallest absolute Gasteiger partial charge is 0.377 e. The van der Waals surface area contributed by atoms with Crippen molar-refractivity contribution in [3.05, 3.63) is 0 Å². The highest BCUT2D eigenvalue weighted by Gasteiger charge is 2.39. The van der Waals surface area contributed by atoms with Crippen LogP contribution in [-0.2, 0) is 26.6 Å². The molecule has 0 aliphatic rings. The average molecular weight is 707 g/mol. The quantitative estimate of drug-likeness (QED) is 0.0473. The fraction of sp³-hybridized carbons (Fsp3) is 1.00. The standard InChI is InChI=1S/C21H46O3Si.C18H40O3Si/c1-5-9-10-11-12-13-14-15-16-17-18-19-20-21-25(22-6-2,23-7-3)24-8-4;1-5-6-7-8-9-10-11-12-13-14-15-16-17-18-22(19-2,20-3)21-4/h5-21H2,1-4H3;5-18H2,1-4H3. The molecule has 0 atom stereocenters. The van der Waals surface area contributed by atoms with Gasteiger partial charge < -0.3 is 26.6 Å². The second-order valence-corrected chi connectivity index (χ2v) is 19.1. The number of hydrogen-bond donors (Lipinski definition) is 0. The number of rotatable bonds is 37. The molecule has 0 aliphatic carbocycles. The lowest BCUT2D eigenvalue weighted by atomic mass is 10.1. The summed E-state index contributed by atoms with van der Waals surface area (Å²) in [5, 5.41) is 0. The molecule has 0 amide bonds. The van der Waals surface area contributed by atoms with Gasteiger partial charge in [0.15, 0.2) is 0 Å². The van der Waals surface area contributed by atoms with Crippen LogP contribution < -0.4 is 0 Å². The molecule has 8 heteroatoms. The Morgan fingerprint density at radius 3 is 0.702 bits per heavy atom. The molecular formula is C39H86O6Si2. The molecule has 0 heterocycles. The predicted molar refractivity (Wildman–Crippen MR) is 208 cm³/mol. The summed E-state index contributed by atoms with van der Waals surface area (Å²) in [5.41, 5.74) is 0. The Hall–Kier alpha value is 0.194. The molecule has 0 saturated carbocycles. The van der Waals surface area contributed by atoms with Gasteiger partial charge >= 0.3 is 17.6 Å². The second-order valence-electron chi connectivity index (χ2n) is 13.3. The molecule has 0 fully saturated rings. The van der Waals surface area contributed by atoms with E-state index < -0.39 is 17.6 Å². The van der Waals surface area contributed by atoms with Crippen molar-refractivity contribution in [2.45, 2.75) is 214 Å². The van der Waals surface area contributed by atoms with Crippen LogP contribution in [0.4, 0.5) is 0 Å². The van der Waals surface area contributed by atoms with Crippen molar-refractivity contribution in [2.75, 3.05) is 41.2 Å². The van der Waals surface area contributed by atoms with E-state index >= 15 is 0 Å². The van der Waals surface area contributed by atoms with Crippen LogP contribution in [0.15, 0.2) is 0 Å². The highest BCUT2D eigenvalue weighted by molar-refractivity contribution is 6.61. The zero-order valence-corrected chi connectivity index (χ0v) is 35.4. The van der Waals surface area contributed by atoms with Gasteiger partial charge in [-0.25, -0.2) is 0 Å². The SMILES string of the molecule is CCCCCCCCCCCCCCC[Si](OC)(OC)OC.CCCCCCCCCCCCCCC[Si](OCC)(OCC)OCC. The molecular weight excluding hydrogens is 621 g/mol. The molecule has 0 saturated heterocycles. The van der Waals surface area contributed by atoms with Crippen molar-refractivity contribution >= 4 is 17.6 Å². The minimum atomic E-state index is -2.40. The molecule has 0 radical (unpaired) electrons. The Morgan fingerprint density at radius 1 is 0.277 bits per heavy atom. The van der Waals surface area contributed by atoms with Gasteiger partial charge in [-0.1, -0.05) is 168 Å². The molecule has 0 spiro atoms. The van der Waals surface area contributed by atoms with Gasteiger partial charge in [0.25, 0.3) is 0 Å². The van der Waals surface area contributed by atoms with Crippen LogP contribution >= 0.6 is 0 Å². The van der Waals surface area contributed by atoms with Crippen molar-refractivity contribution in [1.29, 1.82) is 0 Å². The van der Waals surface area contributed by atoms with E-state index in [0.717, 1.165) is 18.5 Å². The fourth-order valence-electron chi connectivity index (χ4n) is 6.28. The summed E-state index contributed by atoms with van der Waals surface area (Å²) in [7, 11) is 0.374. The Bertz CT molecular complexity index is 554. The highest BCUT2D eigenvalue weighted by atomic mass is 28.4. The monoisotopic (exact) mass is 707 g/mol. The molecule has 0 aromatic heterocycles. The van der Waals surface area contributed by atoms with Gasteiger partial charge in [-0.3, -0.25) is 0 Å². The maximum absolute atomic E-state index is 5.91. The minimum Gasteiger partial charge on any atom is -0.377 e. The third-order valence-electron chi connectivity index (χ3n) is 9.20. The van der Waals surface area contributed by atoms with Gasteiger partial charge in [0, 0.05) is 53.2 Å². The summed E-state index contributed by atoms with van der Waals surface area (Å²) in [4.78, 5) is 0. The van der Waals surface area contributed by atoms with Crippen molar-refractivity contribution in [1.82, 2.24) is 0 Å². The Kier molecular flexibility index (Phi) is 40.9. The molecule has 286 valence electrons. The Labute approximate surface area is 298 Å². The largest absolute Gasteiger partial charge is 0.500 e. The normalized spacial score (nSPS) is 12.0. The van der Waals surface area contributed by atoms with E-state index in [0.29, 0.717) is 19.8 Å². The van der Waals surface area contributed by atoms with Gasteiger partial charge in [-0.05, 0) is 33.6 Å². The summed E-state index contributed by atoms with van der Waals surface area (Å²) < 4.78 is 34.0. The molecule has 0 aromatic carbocycles. The highest BCUT2D eigenvalue weighted by Crippen LogP contribution is 2.22. The van der Waals surface area contributed by atoms with Crippen molar-refractivity contribution in [3.63, 3.8) is 0 Å². The molecule has 47 heavy (non-hydrogen) atoms. The Balaban J connectivity index is 0. The first kappa shape index (κ1) is 49.3. The van der Waals surface area contributed by atoms with Crippen molar-refractivity contribution in [3.8, 4) is 0 Å². The van der Waals surface area contributed by atoms with E-state index in [4.69, 9.17) is 26.6 Å². The van der Waals surface area contributed by atoms with Crippen LogP contribution in [0.3, 0.4) is 0 Å². The van der Waals surface area contributed by atoms with Gasteiger partial charge in [0.2, 0.25) is 0 Å². The van der Waals surface area contributed by atoms with Crippen LogP contribution in [0.5, 0.6) is 0 Å². The van der Waals surface area contributed by atoms with Crippen molar-refractivity contribution < 1.29 is 26.6 Å². The molecule has 0 N–H and O–H groups in total. The van der Waals surface area contributed by atoms with E-state index in [1.54, 1.807) is 21.3 Å². The van der Waals surface area contributed by atoms with Crippen molar-refractivity contribution in [2.24, 2.45) is 0 Å². The maximum atomic E-state index is 5.91. The zero-order chi connectivity index (χ0) is 35.2. The maximum Gasteiger partial charge on any atom is 0.500 e. The van der Waals surface area contributed by atoms with Gasteiger partial charge in [-0.15, -0.1) is 0 Å². The predicted octanol–water partition coefficient (Wildman–Crippen LogP) is 13.1. The van der Waals surface area contributed by atoms with E-state index in [1.165, 1.54) is 161 Å². The van der Waals surface area contributed by atoms with Gasteiger partial charge in [-0.2, -0.15) is 0 Å². The first-order chi connectivity index (χ1) is 23.0. The van der Waals surface area contributed by atoms with Gasteiger partial charge in [0.05, 0.1) is 0 Å². The minimum absolute atomic E-state index is 0.685. The lowest BCUT2D eigenvalue weighted by Crippen LogP contribution is -2.45. The molecule has 0 unspecified atom stereocenters. The second kappa shape index (κ2) is 39.0. The van der Waals surface area contributed by atoms with Crippen LogP contribution in [0.25, 0.3) is 0 Å². The fourth-order valence-corrected chi connectivity index (χ4v) is 10.8. The summed E-state index contributed by atoms with van der Waals surface area (Å²) in [6, 6.07) is 1.91. The number of unbranched alkanes of at least 4 members (excludes halogenated alkanes) is 24. The Morgan fingerprint density at radius 2 is 0.489 bits per heavy atom. The third kappa shape index (κ3) is 31.9. The topological polar surface area (TPSA) is 55.4 Å². The van der Waals surface area contributed by atoms with E-state index in [9.17, 15) is 0 Å². The molecule has 0 bridgehead atoms. The summed E-state index contributed by atoms with van der Waals surface area (Å²) in [6.45, 7) is 12.7. The summed E-state index contributed by atoms with van der Waals surface area (Å²) >= 11 is 0. The molecule has 0 rings (SSSR count). The first-order valence-electron chi connectivity index (χ1n) is 20.6. The summed E-state index contributed by atoms with van der Waals surface area (Å²) in [5.74, 6) is 0. The number of hydrogen-bond acceptors (Lipinski definition) is 6. The lowest BCUT2D eigenvalue weighted by Gasteiger charge is -2.28. The van der Waals surface area contributed by atoms with E-state index in [-0.39, 0.29) is 0 Å². The van der Waals surface area contributed by atoms with Crippen LogP contribution in [0.2, 0.25) is 12.1 Å². The molecule has 6 nitrogen and oxygen atoms in total. The van der Waals surface area contributed by atoms with E-state index in [2.05, 4.69) is 13.8 Å².